The Labute approximate surface area is 218 Å². The highest BCUT2D eigenvalue weighted by Gasteiger charge is 2.37. The molecular formula is C28H39N3O6. The van der Waals surface area contributed by atoms with Gasteiger partial charge in [-0.15, -0.1) is 0 Å². The molecule has 0 saturated heterocycles. The van der Waals surface area contributed by atoms with Crippen LogP contribution in [0.25, 0.3) is 0 Å². The Morgan fingerprint density at radius 3 is 2.16 bits per heavy atom. The number of nitrogens with zero attached hydrogens (tertiary/aromatic N) is 1. The highest BCUT2D eigenvalue weighted by molar-refractivity contribution is 5.92. The van der Waals surface area contributed by atoms with Crippen LogP contribution < -0.4 is 10.6 Å². The number of nitrogens with one attached hydrogen (secondary N) is 2. The van der Waals surface area contributed by atoms with E-state index in [-0.39, 0.29) is 36.1 Å². The number of aromatic hydroxyl groups is 2. The number of phenols is 2. The predicted octanol–water partition coefficient (Wildman–Crippen LogP) is 3.96. The molecule has 0 radical (unpaired) electrons. The molecular weight excluding hydrogens is 474 g/mol. The number of rotatable bonds is 9. The lowest BCUT2D eigenvalue weighted by Crippen LogP contribution is -2.54. The second-order valence-electron chi connectivity index (χ2n) is 10.3. The number of carbonyl (C=O) groups is 3. The lowest BCUT2D eigenvalue weighted by molar-refractivity contribution is -0.142. The van der Waals surface area contributed by atoms with Gasteiger partial charge in [0.15, 0.2) is 0 Å². The molecule has 202 valence electrons. The maximum absolute atomic E-state index is 14.0. The summed E-state index contributed by atoms with van der Waals surface area (Å²) in [6.07, 6.45) is -0.685. The molecule has 2 unspecified atom stereocenters. The Kier molecular flexibility index (Phi) is 9.94. The fraction of sp³-hybridized carbons (Fsp3) is 0.464. The van der Waals surface area contributed by atoms with Gasteiger partial charge in [0, 0.05) is 24.6 Å². The van der Waals surface area contributed by atoms with Crippen molar-refractivity contribution in [1.82, 2.24) is 15.5 Å². The topological polar surface area (TPSA) is 128 Å². The highest BCUT2D eigenvalue weighted by atomic mass is 16.6. The standard InChI is InChI=1S/C28H39N3O6/c1-8-31(23(25(34)29-17(2)3)21-11-9-10-18(4)24(21)33)26(35)22(30-27(36)37-28(5,6)7)16-19-12-14-20(32)15-13-19/h9-15,17,22-23,32-33H,8,16H2,1-7H3,(H,29,34)(H,30,36). The van der Waals surface area contributed by atoms with Gasteiger partial charge in [0.25, 0.3) is 0 Å². The number of alkyl carbamates (subject to hydrolysis) is 1. The Hall–Kier alpha value is -3.75. The van der Waals surface area contributed by atoms with Gasteiger partial charge in [0.2, 0.25) is 11.8 Å². The van der Waals surface area contributed by atoms with E-state index >= 15 is 0 Å². The summed E-state index contributed by atoms with van der Waals surface area (Å²) in [6, 6.07) is 8.90. The van der Waals surface area contributed by atoms with Crippen molar-refractivity contribution >= 4 is 17.9 Å². The van der Waals surface area contributed by atoms with E-state index < -0.39 is 35.6 Å². The third kappa shape index (κ3) is 8.41. The minimum Gasteiger partial charge on any atom is -0.508 e. The summed E-state index contributed by atoms with van der Waals surface area (Å²) >= 11 is 0. The highest BCUT2D eigenvalue weighted by Crippen LogP contribution is 2.32. The number of likely N-dealkylation sites (N-methyl/N-ethyl adjacent to an activating group) is 1. The first-order valence-corrected chi connectivity index (χ1v) is 12.4. The van der Waals surface area contributed by atoms with E-state index in [1.807, 2.05) is 0 Å². The molecule has 0 fully saturated rings. The van der Waals surface area contributed by atoms with E-state index in [4.69, 9.17) is 4.74 Å². The SMILES string of the molecule is CCN(C(=O)C(Cc1ccc(O)cc1)NC(=O)OC(C)(C)C)C(C(=O)NC(C)C)c1cccc(C)c1O. The molecule has 0 aliphatic carbocycles. The predicted molar refractivity (Wildman–Crippen MR) is 141 cm³/mol. The van der Waals surface area contributed by atoms with Crippen LogP contribution in [0.2, 0.25) is 0 Å². The van der Waals surface area contributed by atoms with Crippen LogP contribution in [0.5, 0.6) is 11.5 Å². The van der Waals surface area contributed by atoms with Crippen molar-refractivity contribution in [3.05, 3.63) is 59.2 Å². The molecule has 0 saturated carbocycles. The number of aryl methyl sites for hydroxylation is 1. The van der Waals surface area contributed by atoms with E-state index in [1.54, 1.807) is 78.8 Å². The average molecular weight is 514 g/mol. The summed E-state index contributed by atoms with van der Waals surface area (Å²) in [5.74, 6) is -0.979. The Morgan fingerprint density at radius 2 is 1.62 bits per heavy atom. The van der Waals surface area contributed by atoms with E-state index in [9.17, 15) is 24.6 Å². The summed E-state index contributed by atoms with van der Waals surface area (Å²) in [5, 5.41) is 26.0. The molecule has 37 heavy (non-hydrogen) atoms. The van der Waals surface area contributed by atoms with Crippen LogP contribution in [0, 0.1) is 6.92 Å². The van der Waals surface area contributed by atoms with Crippen molar-refractivity contribution in [1.29, 1.82) is 0 Å². The minimum absolute atomic E-state index is 0.0715. The molecule has 0 heterocycles. The zero-order valence-corrected chi connectivity index (χ0v) is 22.7. The van der Waals surface area contributed by atoms with Crippen LogP contribution >= 0.6 is 0 Å². The molecule has 3 amide bonds. The first-order chi connectivity index (χ1) is 17.2. The normalized spacial score (nSPS) is 13.0. The molecule has 4 N–H and O–H groups in total. The number of hydrogen-bond acceptors (Lipinski definition) is 6. The monoisotopic (exact) mass is 513 g/mol. The average Bonchev–Trinajstić information content (AvgIpc) is 2.78. The Bertz CT molecular complexity index is 1090. The fourth-order valence-electron chi connectivity index (χ4n) is 3.90. The second-order valence-corrected chi connectivity index (χ2v) is 10.3. The quantitative estimate of drug-likeness (QED) is 0.402. The van der Waals surface area contributed by atoms with Crippen molar-refractivity contribution < 1.29 is 29.3 Å². The molecule has 0 spiro atoms. The summed E-state index contributed by atoms with van der Waals surface area (Å²) in [6.45, 7) is 12.3. The van der Waals surface area contributed by atoms with Crippen LogP contribution in [0.4, 0.5) is 4.79 Å². The first kappa shape index (κ1) is 29.5. The Morgan fingerprint density at radius 1 is 1.00 bits per heavy atom. The number of para-hydroxylation sites is 1. The van der Waals surface area contributed by atoms with Crippen LogP contribution in [-0.2, 0) is 20.7 Å². The summed E-state index contributed by atoms with van der Waals surface area (Å²) in [7, 11) is 0. The van der Waals surface area contributed by atoms with Gasteiger partial charge in [-0.2, -0.15) is 0 Å². The van der Waals surface area contributed by atoms with E-state index in [2.05, 4.69) is 10.6 Å². The van der Waals surface area contributed by atoms with E-state index in [1.165, 1.54) is 17.0 Å². The molecule has 0 aromatic heterocycles. The van der Waals surface area contributed by atoms with Crippen LogP contribution in [0.15, 0.2) is 42.5 Å². The molecule has 9 nitrogen and oxygen atoms in total. The third-order valence-corrected chi connectivity index (χ3v) is 5.54. The maximum atomic E-state index is 14.0. The molecule has 2 atom stereocenters. The molecule has 9 heteroatoms. The van der Waals surface area contributed by atoms with Crippen molar-refractivity contribution in [2.24, 2.45) is 0 Å². The molecule has 0 aliphatic rings. The molecule has 0 bridgehead atoms. The number of ether oxygens (including phenoxy) is 1. The number of carbonyl (C=O) groups excluding carboxylic acids is 3. The minimum atomic E-state index is -1.14. The van der Waals surface area contributed by atoms with Gasteiger partial charge < -0.3 is 30.5 Å². The smallest absolute Gasteiger partial charge is 0.408 e. The summed E-state index contributed by atoms with van der Waals surface area (Å²) < 4.78 is 5.39. The maximum Gasteiger partial charge on any atom is 0.408 e. The van der Waals surface area contributed by atoms with E-state index in [0.29, 0.717) is 11.1 Å². The number of phenolic OH excluding ortho intramolecular Hbond substituents is 2. The molecule has 2 rings (SSSR count). The molecule has 2 aromatic carbocycles. The zero-order valence-electron chi connectivity index (χ0n) is 22.7. The van der Waals surface area contributed by atoms with E-state index in [0.717, 1.165) is 0 Å². The van der Waals surface area contributed by atoms with Gasteiger partial charge in [-0.05, 0) is 71.7 Å². The second kappa shape index (κ2) is 12.5. The van der Waals surface area contributed by atoms with Gasteiger partial charge in [0.05, 0.1) is 0 Å². The van der Waals surface area contributed by atoms with Gasteiger partial charge in [0.1, 0.15) is 29.2 Å². The van der Waals surface area contributed by atoms with Crippen molar-refractivity contribution in [3.63, 3.8) is 0 Å². The van der Waals surface area contributed by atoms with Crippen LogP contribution in [0.3, 0.4) is 0 Å². The third-order valence-electron chi connectivity index (χ3n) is 5.54. The van der Waals surface area contributed by atoms with Gasteiger partial charge in [-0.25, -0.2) is 4.79 Å². The number of benzene rings is 2. The zero-order chi connectivity index (χ0) is 27.9. The first-order valence-electron chi connectivity index (χ1n) is 12.4. The van der Waals surface area contributed by atoms with Gasteiger partial charge in [-0.3, -0.25) is 9.59 Å². The number of amides is 3. The summed E-state index contributed by atoms with van der Waals surface area (Å²) in [4.78, 5) is 41.4. The van der Waals surface area contributed by atoms with Gasteiger partial charge in [-0.1, -0.05) is 30.3 Å². The summed E-state index contributed by atoms with van der Waals surface area (Å²) in [5.41, 5.74) is 0.753. The van der Waals surface area contributed by atoms with Crippen LogP contribution in [-0.4, -0.2) is 57.3 Å². The largest absolute Gasteiger partial charge is 0.508 e. The number of hydrogen-bond donors (Lipinski definition) is 4. The molecule has 2 aromatic rings. The van der Waals surface area contributed by atoms with Gasteiger partial charge >= 0.3 is 6.09 Å². The van der Waals surface area contributed by atoms with Crippen molar-refractivity contribution in [3.8, 4) is 11.5 Å². The van der Waals surface area contributed by atoms with Crippen molar-refractivity contribution in [2.45, 2.75) is 78.6 Å². The van der Waals surface area contributed by atoms with Crippen LogP contribution in [0.1, 0.15) is 64.3 Å². The van der Waals surface area contributed by atoms with Crippen molar-refractivity contribution in [2.75, 3.05) is 6.54 Å². The Balaban J connectivity index is 2.53. The lowest BCUT2D eigenvalue weighted by atomic mass is 9.98. The fourth-order valence-corrected chi connectivity index (χ4v) is 3.90. The molecule has 0 aliphatic heterocycles. The lowest BCUT2D eigenvalue weighted by Gasteiger charge is -2.34.